The summed E-state index contributed by atoms with van der Waals surface area (Å²) in [6.45, 7) is 13.2. The summed E-state index contributed by atoms with van der Waals surface area (Å²) >= 11 is 0. The summed E-state index contributed by atoms with van der Waals surface area (Å²) in [5.41, 5.74) is 5.42. The number of benzene rings is 2. The molecule has 7 nitrogen and oxygen atoms in total. The Balaban J connectivity index is 1.87. The molecule has 2 amide bonds. The highest BCUT2D eigenvalue weighted by atomic mass is 16.5. The van der Waals surface area contributed by atoms with Crippen LogP contribution in [0.3, 0.4) is 0 Å². The van der Waals surface area contributed by atoms with E-state index in [4.69, 9.17) is 9.84 Å². The SMILES string of the molecule is COCCCN(CC(=O)Nc1cc(C(C)(C)C)nn1-c1ccc(C)cc1C)C(=O)c1ccc(C)cc1. The second-order valence-electron chi connectivity index (χ2n) is 10.4. The van der Waals surface area contributed by atoms with Crippen molar-refractivity contribution < 1.29 is 14.3 Å². The van der Waals surface area contributed by atoms with Gasteiger partial charge in [-0.1, -0.05) is 56.2 Å². The highest BCUT2D eigenvalue weighted by molar-refractivity contribution is 5.99. The summed E-state index contributed by atoms with van der Waals surface area (Å²) in [7, 11) is 1.62. The number of anilines is 1. The van der Waals surface area contributed by atoms with Gasteiger partial charge in [-0.3, -0.25) is 9.59 Å². The van der Waals surface area contributed by atoms with Crippen LogP contribution in [0.4, 0.5) is 5.82 Å². The van der Waals surface area contributed by atoms with Crippen molar-refractivity contribution in [2.75, 3.05) is 32.1 Å². The number of rotatable bonds is 9. The minimum Gasteiger partial charge on any atom is -0.385 e. The molecule has 7 heteroatoms. The third kappa shape index (κ3) is 6.82. The van der Waals surface area contributed by atoms with Crippen LogP contribution in [0.1, 0.15) is 59.9 Å². The molecular formula is C29H38N4O3. The Morgan fingerprint density at radius 1 is 1.00 bits per heavy atom. The van der Waals surface area contributed by atoms with Crippen LogP contribution in [0.2, 0.25) is 0 Å². The smallest absolute Gasteiger partial charge is 0.254 e. The first kappa shape index (κ1) is 27.1. The van der Waals surface area contributed by atoms with Gasteiger partial charge in [0.25, 0.3) is 5.91 Å². The van der Waals surface area contributed by atoms with Crippen molar-refractivity contribution in [2.45, 2.75) is 53.4 Å². The fourth-order valence-electron chi connectivity index (χ4n) is 3.95. The number of carbonyl (C=O) groups is 2. The number of amides is 2. The molecule has 2 aromatic carbocycles. The molecule has 0 spiro atoms. The van der Waals surface area contributed by atoms with Gasteiger partial charge >= 0.3 is 0 Å². The predicted molar refractivity (Wildman–Crippen MR) is 144 cm³/mol. The Labute approximate surface area is 214 Å². The molecule has 0 saturated carbocycles. The van der Waals surface area contributed by atoms with E-state index in [9.17, 15) is 9.59 Å². The normalized spacial score (nSPS) is 11.4. The minimum absolute atomic E-state index is 0.0701. The Morgan fingerprint density at radius 2 is 1.67 bits per heavy atom. The molecule has 0 saturated heterocycles. The molecule has 3 rings (SSSR count). The molecule has 1 heterocycles. The number of ether oxygens (including phenoxy) is 1. The van der Waals surface area contributed by atoms with E-state index in [1.54, 1.807) is 28.8 Å². The third-order valence-corrected chi connectivity index (χ3v) is 6.02. The lowest BCUT2D eigenvalue weighted by Crippen LogP contribution is -2.39. The number of nitrogens with zero attached hydrogens (tertiary/aromatic N) is 3. The lowest BCUT2D eigenvalue weighted by Gasteiger charge is -2.22. The van der Waals surface area contributed by atoms with Crippen molar-refractivity contribution in [1.29, 1.82) is 0 Å². The van der Waals surface area contributed by atoms with Crippen molar-refractivity contribution in [3.05, 3.63) is 76.5 Å². The lowest BCUT2D eigenvalue weighted by atomic mass is 9.92. The molecule has 1 N–H and O–H groups in total. The zero-order chi connectivity index (χ0) is 26.5. The standard InChI is InChI=1S/C29H38N4O3/c1-20-9-12-23(13-10-20)28(35)32(15-8-16-36-7)19-27(34)30-26-18-25(29(4,5)6)31-33(26)24-14-11-21(2)17-22(24)3/h9-14,17-18H,8,15-16,19H2,1-7H3,(H,30,34). The predicted octanol–water partition coefficient (Wildman–Crippen LogP) is 5.21. The van der Waals surface area contributed by atoms with Gasteiger partial charge in [0.1, 0.15) is 12.4 Å². The number of hydrogen-bond donors (Lipinski definition) is 1. The summed E-state index contributed by atoms with van der Waals surface area (Å²) < 4.78 is 6.94. The molecular weight excluding hydrogens is 452 g/mol. The summed E-state index contributed by atoms with van der Waals surface area (Å²) in [5, 5.41) is 7.85. The van der Waals surface area contributed by atoms with Crippen LogP contribution in [0.5, 0.6) is 0 Å². The number of hydrogen-bond acceptors (Lipinski definition) is 4. The molecule has 0 bridgehead atoms. The molecule has 3 aromatic rings. The van der Waals surface area contributed by atoms with Crippen LogP contribution in [-0.4, -0.2) is 53.3 Å². The number of nitrogens with one attached hydrogen (secondary N) is 1. The van der Waals surface area contributed by atoms with Gasteiger partial charge in [-0.25, -0.2) is 4.68 Å². The van der Waals surface area contributed by atoms with Gasteiger partial charge in [0.05, 0.1) is 11.4 Å². The Kier molecular flexibility index (Phi) is 8.69. The summed E-state index contributed by atoms with van der Waals surface area (Å²) in [5.74, 6) is 0.121. The van der Waals surface area contributed by atoms with Crippen LogP contribution in [0.25, 0.3) is 5.69 Å². The third-order valence-electron chi connectivity index (χ3n) is 6.02. The van der Waals surface area contributed by atoms with Gasteiger partial charge in [0, 0.05) is 37.3 Å². The van der Waals surface area contributed by atoms with Gasteiger partial charge in [-0.15, -0.1) is 0 Å². The van der Waals surface area contributed by atoms with Gasteiger partial charge in [-0.2, -0.15) is 5.10 Å². The maximum atomic E-state index is 13.2. The largest absolute Gasteiger partial charge is 0.385 e. The molecule has 0 aliphatic heterocycles. The van der Waals surface area contributed by atoms with Gasteiger partial charge in [0.15, 0.2) is 0 Å². The first-order chi connectivity index (χ1) is 17.0. The molecule has 0 aliphatic rings. The monoisotopic (exact) mass is 490 g/mol. The maximum Gasteiger partial charge on any atom is 0.254 e. The van der Waals surface area contributed by atoms with E-state index in [1.807, 2.05) is 51.1 Å². The summed E-state index contributed by atoms with van der Waals surface area (Å²) in [6.07, 6.45) is 0.635. The quantitative estimate of drug-likeness (QED) is 0.418. The number of methoxy groups -OCH3 is 1. The molecule has 0 atom stereocenters. The van der Waals surface area contributed by atoms with Crippen LogP contribution in [0.15, 0.2) is 48.5 Å². The average Bonchev–Trinajstić information content (AvgIpc) is 3.22. The van der Waals surface area contributed by atoms with E-state index in [0.29, 0.717) is 31.0 Å². The van der Waals surface area contributed by atoms with Crippen molar-refractivity contribution in [2.24, 2.45) is 0 Å². The number of carbonyl (C=O) groups excluding carboxylic acids is 2. The summed E-state index contributed by atoms with van der Waals surface area (Å²) in [6, 6.07) is 15.4. The topological polar surface area (TPSA) is 76.5 Å². The zero-order valence-electron chi connectivity index (χ0n) is 22.5. The molecule has 192 valence electrons. The highest BCUT2D eigenvalue weighted by Crippen LogP contribution is 2.28. The van der Waals surface area contributed by atoms with Crippen LogP contribution < -0.4 is 5.32 Å². The van der Waals surface area contributed by atoms with E-state index < -0.39 is 0 Å². The van der Waals surface area contributed by atoms with Crippen LogP contribution in [0, 0.1) is 20.8 Å². The molecule has 36 heavy (non-hydrogen) atoms. The van der Waals surface area contributed by atoms with Crippen molar-refractivity contribution in [1.82, 2.24) is 14.7 Å². The second-order valence-corrected chi connectivity index (χ2v) is 10.4. The first-order valence-electron chi connectivity index (χ1n) is 12.3. The van der Waals surface area contributed by atoms with Crippen LogP contribution in [-0.2, 0) is 14.9 Å². The van der Waals surface area contributed by atoms with E-state index in [1.165, 1.54) is 0 Å². The Bertz CT molecular complexity index is 1210. The molecule has 0 radical (unpaired) electrons. The molecule has 1 aromatic heterocycles. The van der Waals surface area contributed by atoms with Crippen molar-refractivity contribution in [3.8, 4) is 5.69 Å². The van der Waals surface area contributed by atoms with Gasteiger partial charge < -0.3 is 15.0 Å². The maximum absolute atomic E-state index is 13.2. The molecule has 0 aliphatic carbocycles. The second kappa shape index (κ2) is 11.5. The van der Waals surface area contributed by atoms with Gasteiger partial charge in [-0.05, 0) is 51.0 Å². The lowest BCUT2D eigenvalue weighted by molar-refractivity contribution is -0.117. The number of aromatic nitrogens is 2. The van der Waals surface area contributed by atoms with Crippen molar-refractivity contribution in [3.63, 3.8) is 0 Å². The minimum atomic E-state index is -0.278. The molecule has 0 fully saturated rings. The zero-order valence-corrected chi connectivity index (χ0v) is 22.5. The number of aryl methyl sites for hydroxylation is 3. The fraction of sp³-hybridized carbons (Fsp3) is 0.414. The summed E-state index contributed by atoms with van der Waals surface area (Å²) in [4.78, 5) is 28.0. The van der Waals surface area contributed by atoms with Crippen LogP contribution >= 0.6 is 0 Å². The Hall–Kier alpha value is -3.45. The Morgan fingerprint density at radius 3 is 2.28 bits per heavy atom. The van der Waals surface area contributed by atoms with Crippen molar-refractivity contribution >= 4 is 17.6 Å². The molecule has 0 unspecified atom stereocenters. The van der Waals surface area contributed by atoms with E-state index >= 15 is 0 Å². The highest BCUT2D eigenvalue weighted by Gasteiger charge is 2.24. The first-order valence-corrected chi connectivity index (χ1v) is 12.3. The fourth-order valence-corrected chi connectivity index (χ4v) is 3.95. The van der Waals surface area contributed by atoms with Gasteiger partial charge in [0.2, 0.25) is 5.91 Å². The average molecular weight is 491 g/mol. The van der Waals surface area contributed by atoms with E-state index in [2.05, 4.69) is 32.2 Å². The van der Waals surface area contributed by atoms with E-state index in [-0.39, 0.29) is 23.8 Å². The van der Waals surface area contributed by atoms with E-state index in [0.717, 1.165) is 28.1 Å².